The number of hydrogen-bond acceptors (Lipinski definition) is 3. The van der Waals surface area contributed by atoms with Gasteiger partial charge < -0.3 is 0 Å². The van der Waals surface area contributed by atoms with E-state index in [1.54, 1.807) is 66.7 Å². The van der Waals surface area contributed by atoms with Crippen LogP contribution in [-0.2, 0) is 4.79 Å². The van der Waals surface area contributed by atoms with E-state index in [0.717, 1.165) is 11.1 Å². The Kier molecular flexibility index (Phi) is 7.59. The molecule has 0 saturated heterocycles. The Hall–Kier alpha value is -4.37. The molecule has 3 nitrogen and oxygen atoms in total. The lowest BCUT2D eigenvalue weighted by Crippen LogP contribution is -2.34. The number of rotatable bonds is 9. The van der Waals surface area contributed by atoms with Crippen LogP contribution < -0.4 is 0 Å². The largest absolute Gasteiger partial charge is 0.294 e. The second kappa shape index (κ2) is 11.2. The maximum Gasteiger partial charge on any atom is 0.174 e. The van der Waals surface area contributed by atoms with Crippen LogP contribution in [0.25, 0.3) is 5.57 Å². The van der Waals surface area contributed by atoms with E-state index in [-0.39, 0.29) is 17.3 Å². The minimum Gasteiger partial charge on any atom is -0.294 e. The molecule has 3 heteroatoms. The highest BCUT2D eigenvalue weighted by molar-refractivity contribution is 6.20. The maximum absolute atomic E-state index is 13.9. The van der Waals surface area contributed by atoms with E-state index in [1.165, 1.54) is 0 Å². The third-order valence-corrected chi connectivity index (χ3v) is 6.07. The first-order chi connectivity index (χ1) is 17.1. The number of hydrogen-bond donors (Lipinski definition) is 0. The number of allylic oxidation sites excluding steroid dienone is 2. The van der Waals surface area contributed by atoms with Crippen LogP contribution in [0.2, 0.25) is 0 Å². The van der Waals surface area contributed by atoms with Gasteiger partial charge in [-0.1, -0.05) is 121 Å². The van der Waals surface area contributed by atoms with Crippen molar-refractivity contribution in [2.75, 3.05) is 0 Å². The molecule has 4 rings (SSSR count). The van der Waals surface area contributed by atoms with Crippen LogP contribution >= 0.6 is 0 Å². The predicted molar refractivity (Wildman–Crippen MR) is 139 cm³/mol. The van der Waals surface area contributed by atoms with Crippen LogP contribution in [0.5, 0.6) is 0 Å². The monoisotopic (exact) mass is 458 g/mol. The number of Topliss-reactive ketones (excluding diaryl/α,β-unsaturated/α-hetero) is 2. The van der Waals surface area contributed by atoms with Gasteiger partial charge in [-0.05, 0) is 29.7 Å². The molecular formula is C32H26O3. The van der Waals surface area contributed by atoms with Crippen LogP contribution in [0.1, 0.15) is 44.7 Å². The number of carbonyl (C=O) groups excluding carboxylic acids is 3. The van der Waals surface area contributed by atoms with Crippen LogP contribution in [0, 0.1) is 5.92 Å². The molecule has 4 aromatic carbocycles. The molecule has 1 atom stereocenters. The fraction of sp³-hybridized carbons (Fsp3) is 0.0938. The van der Waals surface area contributed by atoms with Gasteiger partial charge in [0.15, 0.2) is 17.3 Å². The molecular weight excluding hydrogens is 432 g/mol. The fourth-order valence-corrected chi connectivity index (χ4v) is 4.25. The summed E-state index contributed by atoms with van der Waals surface area (Å²) in [5, 5.41) is 0. The summed E-state index contributed by atoms with van der Waals surface area (Å²) in [6.07, 6.45) is 1.55. The molecule has 4 aromatic rings. The number of benzene rings is 4. The zero-order chi connectivity index (χ0) is 24.6. The van der Waals surface area contributed by atoms with Gasteiger partial charge in [-0.15, -0.1) is 0 Å². The molecule has 0 saturated carbocycles. The van der Waals surface area contributed by atoms with Gasteiger partial charge in [-0.25, -0.2) is 0 Å². The summed E-state index contributed by atoms with van der Waals surface area (Å²) in [7, 11) is 0. The summed E-state index contributed by atoms with van der Waals surface area (Å²) in [5.41, 5.74) is 3.12. The Bertz CT molecular complexity index is 1270. The van der Waals surface area contributed by atoms with E-state index < -0.39 is 11.8 Å². The van der Waals surface area contributed by atoms with Gasteiger partial charge in [0.05, 0.1) is 11.8 Å². The molecule has 0 fully saturated rings. The molecule has 0 amide bonds. The second-order valence-corrected chi connectivity index (χ2v) is 8.42. The second-order valence-electron chi connectivity index (χ2n) is 8.42. The lowest BCUT2D eigenvalue weighted by Gasteiger charge is -2.24. The SMILES string of the molecule is C/C(=C/C(=O)[C@@H](c1ccccc1)C(C(=O)c1ccccc1)C(=O)c1ccccc1)c1ccccc1. The highest BCUT2D eigenvalue weighted by Crippen LogP contribution is 2.33. The van der Waals surface area contributed by atoms with E-state index in [0.29, 0.717) is 16.7 Å². The molecule has 35 heavy (non-hydrogen) atoms. The van der Waals surface area contributed by atoms with Crippen molar-refractivity contribution in [1.29, 1.82) is 0 Å². The third-order valence-electron chi connectivity index (χ3n) is 6.07. The quantitative estimate of drug-likeness (QED) is 0.157. The first-order valence-corrected chi connectivity index (χ1v) is 11.6. The predicted octanol–water partition coefficient (Wildman–Crippen LogP) is 6.82. The summed E-state index contributed by atoms with van der Waals surface area (Å²) in [6, 6.07) is 36.1. The molecule has 0 radical (unpaired) electrons. The topological polar surface area (TPSA) is 51.2 Å². The van der Waals surface area contributed by atoms with Crippen molar-refractivity contribution < 1.29 is 14.4 Å². The Balaban J connectivity index is 1.85. The van der Waals surface area contributed by atoms with Gasteiger partial charge >= 0.3 is 0 Å². The van der Waals surface area contributed by atoms with Crippen molar-refractivity contribution in [2.24, 2.45) is 5.92 Å². The molecule has 172 valence electrons. The van der Waals surface area contributed by atoms with Gasteiger partial charge in [0.25, 0.3) is 0 Å². The zero-order valence-corrected chi connectivity index (χ0v) is 19.5. The zero-order valence-electron chi connectivity index (χ0n) is 19.5. The van der Waals surface area contributed by atoms with Crippen molar-refractivity contribution >= 4 is 22.9 Å². The molecule has 0 aromatic heterocycles. The van der Waals surface area contributed by atoms with Gasteiger partial charge in [0.1, 0.15) is 0 Å². The molecule has 0 heterocycles. The summed E-state index contributed by atoms with van der Waals surface area (Å²) < 4.78 is 0. The molecule has 0 bridgehead atoms. The van der Waals surface area contributed by atoms with E-state index in [1.807, 2.05) is 67.6 Å². The van der Waals surface area contributed by atoms with Crippen molar-refractivity contribution in [3.05, 3.63) is 150 Å². The molecule has 0 aliphatic carbocycles. The third kappa shape index (κ3) is 5.59. The summed E-state index contributed by atoms with van der Waals surface area (Å²) in [4.78, 5) is 41.5. The minimum atomic E-state index is -1.20. The molecule has 0 unspecified atom stereocenters. The maximum atomic E-state index is 13.9. The van der Waals surface area contributed by atoms with Gasteiger partial charge in [0.2, 0.25) is 0 Å². The summed E-state index contributed by atoms with van der Waals surface area (Å²) in [5.74, 6) is -3.18. The van der Waals surface area contributed by atoms with E-state index >= 15 is 0 Å². The first kappa shape index (κ1) is 23.8. The average molecular weight is 459 g/mol. The molecule has 0 spiro atoms. The van der Waals surface area contributed by atoms with Crippen molar-refractivity contribution in [1.82, 2.24) is 0 Å². The normalized spacial score (nSPS) is 12.2. The molecule has 0 aliphatic rings. The average Bonchev–Trinajstić information content (AvgIpc) is 2.92. The summed E-state index contributed by atoms with van der Waals surface area (Å²) in [6.45, 7) is 1.86. The Morgan fingerprint density at radius 3 is 1.34 bits per heavy atom. The Morgan fingerprint density at radius 2 is 0.914 bits per heavy atom. The highest BCUT2D eigenvalue weighted by atomic mass is 16.2. The van der Waals surface area contributed by atoms with Crippen LogP contribution in [-0.4, -0.2) is 17.3 Å². The minimum absolute atomic E-state index is 0.281. The van der Waals surface area contributed by atoms with Gasteiger partial charge in [-0.2, -0.15) is 0 Å². The van der Waals surface area contributed by atoms with Crippen molar-refractivity contribution in [3.8, 4) is 0 Å². The van der Waals surface area contributed by atoms with E-state index in [4.69, 9.17) is 0 Å². The number of carbonyl (C=O) groups is 3. The Morgan fingerprint density at radius 1 is 0.543 bits per heavy atom. The summed E-state index contributed by atoms with van der Waals surface area (Å²) >= 11 is 0. The van der Waals surface area contributed by atoms with E-state index in [2.05, 4.69) is 0 Å². The van der Waals surface area contributed by atoms with E-state index in [9.17, 15) is 14.4 Å². The highest BCUT2D eigenvalue weighted by Gasteiger charge is 2.40. The fourth-order valence-electron chi connectivity index (χ4n) is 4.25. The van der Waals surface area contributed by atoms with Crippen LogP contribution in [0.3, 0.4) is 0 Å². The molecule has 0 N–H and O–H groups in total. The smallest absolute Gasteiger partial charge is 0.174 e. The van der Waals surface area contributed by atoms with Crippen molar-refractivity contribution in [2.45, 2.75) is 12.8 Å². The van der Waals surface area contributed by atoms with Gasteiger partial charge in [0, 0.05) is 11.1 Å². The Labute approximate surface area is 205 Å². The van der Waals surface area contributed by atoms with Gasteiger partial charge in [-0.3, -0.25) is 14.4 Å². The lowest BCUT2D eigenvalue weighted by atomic mass is 9.74. The number of ketones is 3. The lowest BCUT2D eigenvalue weighted by molar-refractivity contribution is -0.116. The van der Waals surface area contributed by atoms with Crippen LogP contribution in [0.4, 0.5) is 0 Å². The standard InChI is InChI=1S/C32H26O3/c1-23(24-14-6-2-7-15-24)22-28(33)29(25-16-8-3-9-17-25)30(31(34)26-18-10-4-11-19-26)32(35)27-20-12-5-13-21-27/h2-22,29-30H,1H3/b23-22-/t29-/m1/s1. The first-order valence-electron chi connectivity index (χ1n) is 11.6. The van der Waals surface area contributed by atoms with Crippen molar-refractivity contribution in [3.63, 3.8) is 0 Å². The molecule has 0 aliphatic heterocycles. The van der Waals surface area contributed by atoms with Crippen LogP contribution in [0.15, 0.2) is 127 Å².